The fourth-order valence-electron chi connectivity index (χ4n) is 2.13. The van der Waals surface area contributed by atoms with E-state index in [2.05, 4.69) is 0 Å². The van der Waals surface area contributed by atoms with Gasteiger partial charge in [0, 0.05) is 10.5 Å². The standard InChI is InChI=1S/C16H18O2S4/c1-19-10-7-11(15(17)14(8-10)22-4)9-5-12(20-2)16(18)13(6-9)21-3/h5-8,17-18H,1-4H3. The second kappa shape index (κ2) is 7.81. The third-order valence-corrected chi connectivity index (χ3v) is 6.26. The highest BCUT2D eigenvalue weighted by Gasteiger charge is 2.15. The van der Waals surface area contributed by atoms with Crippen molar-refractivity contribution in [2.24, 2.45) is 0 Å². The number of phenolic OH excluding ortho intramolecular Hbond substituents is 2. The molecule has 0 heterocycles. The maximum Gasteiger partial charge on any atom is 0.142 e. The summed E-state index contributed by atoms with van der Waals surface area (Å²) in [6.07, 6.45) is 7.86. The van der Waals surface area contributed by atoms with Crippen LogP contribution in [0.3, 0.4) is 0 Å². The van der Waals surface area contributed by atoms with Crippen LogP contribution in [0.15, 0.2) is 43.8 Å². The van der Waals surface area contributed by atoms with Gasteiger partial charge in [0.05, 0.1) is 14.7 Å². The van der Waals surface area contributed by atoms with Gasteiger partial charge in [-0.05, 0) is 54.9 Å². The van der Waals surface area contributed by atoms with Crippen LogP contribution in [0.25, 0.3) is 11.1 Å². The van der Waals surface area contributed by atoms with E-state index < -0.39 is 0 Å². The van der Waals surface area contributed by atoms with Gasteiger partial charge in [-0.15, -0.1) is 47.0 Å². The van der Waals surface area contributed by atoms with Crippen LogP contribution in [0.5, 0.6) is 11.5 Å². The molecule has 0 atom stereocenters. The summed E-state index contributed by atoms with van der Waals surface area (Å²) in [5.74, 6) is 0.615. The minimum atomic E-state index is 0.301. The quantitative estimate of drug-likeness (QED) is 0.663. The molecule has 0 saturated heterocycles. The van der Waals surface area contributed by atoms with Gasteiger partial charge in [-0.25, -0.2) is 0 Å². The zero-order chi connectivity index (χ0) is 16.3. The number of hydrogen-bond donors (Lipinski definition) is 2. The molecule has 2 aromatic carbocycles. The van der Waals surface area contributed by atoms with Crippen LogP contribution in [-0.4, -0.2) is 35.2 Å². The van der Waals surface area contributed by atoms with Crippen molar-refractivity contribution in [1.29, 1.82) is 0 Å². The maximum atomic E-state index is 10.6. The van der Waals surface area contributed by atoms with Crippen molar-refractivity contribution >= 4 is 47.0 Å². The normalized spacial score (nSPS) is 10.9. The van der Waals surface area contributed by atoms with Crippen LogP contribution in [-0.2, 0) is 0 Å². The molecule has 22 heavy (non-hydrogen) atoms. The third kappa shape index (κ3) is 3.50. The molecule has 0 amide bonds. The molecule has 0 aliphatic heterocycles. The Morgan fingerprint density at radius 2 is 1.14 bits per heavy atom. The van der Waals surface area contributed by atoms with Crippen LogP contribution >= 0.6 is 47.0 Å². The molecule has 2 aromatic rings. The molecule has 0 aromatic heterocycles. The summed E-state index contributed by atoms with van der Waals surface area (Å²) < 4.78 is 0. The van der Waals surface area contributed by atoms with Crippen molar-refractivity contribution < 1.29 is 10.2 Å². The van der Waals surface area contributed by atoms with Gasteiger partial charge in [0.25, 0.3) is 0 Å². The minimum absolute atomic E-state index is 0.301. The van der Waals surface area contributed by atoms with E-state index >= 15 is 0 Å². The van der Waals surface area contributed by atoms with Crippen molar-refractivity contribution in [3.8, 4) is 22.6 Å². The molecule has 0 saturated carbocycles. The summed E-state index contributed by atoms with van der Waals surface area (Å²) >= 11 is 6.20. The first-order valence-electron chi connectivity index (χ1n) is 6.46. The summed E-state index contributed by atoms with van der Waals surface area (Å²) in [6.45, 7) is 0. The molecular weight excluding hydrogens is 352 g/mol. The van der Waals surface area contributed by atoms with Crippen LogP contribution in [0, 0.1) is 0 Å². The number of thioether (sulfide) groups is 4. The van der Waals surface area contributed by atoms with Gasteiger partial charge in [-0.2, -0.15) is 0 Å². The van der Waals surface area contributed by atoms with Crippen LogP contribution < -0.4 is 0 Å². The van der Waals surface area contributed by atoms with Crippen LogP contribution in [0.4, 0.5) is 0 Å². The highest BCUT2D eigenvalue weighted by Crippen LogP contribution is 2.44. The first-order chi connectivity index (χ1) is 10.5. The molecule has 0 unspecified atom stereocenters. The Labute approximate surface area is 148 Å². The van der Waals surface area contributed by atoms with Gasteiger partial charge in [-0.1, -0.05) is 0 Å². The van der Waals surface area contributed by atoms with Gasteiger partial charge in [0.15, 0.2) is 0 Å². The molecule has 2 N–H and O–H groups in total. The second-order valence-corrected chi connectivity index (χ2v) is 7.88. The molecule has 0 spiro atoms. The molecular formula is C16H18O2S4. The summed E-state index contributed by atoms with van der Waals surface area (Å²) in [7, 11) is 0. The summed E-state index contributed by atoms with van der Waals surface area (Å²) in [4.78, 5) is 3.62. The number of rotatable bonds is 5. The first-order valence-corrected chi connectivity index (χ1v) is 11.4. The largest absolute Gasteiger partial charge is 0.506 e. The minimum Gasteiger partial charge on any atom is -0.506 e. The summed E-state index contributed by atoms with van der Waals surface area (Å²) in [6, 6.07) is 7.87. The molecule has 0 aliphatic carbocycles. The number of benzene rings is 2. The SMILES string of the molecule is CSc1cc(SC)c(O)c(-c2cc(SC)c(O)c(SC)c2)c1. The predicted molar refractivity (Wildman–Crippen MR) is 102 cm³/mol. The smallest absolute Gasteiger partial charge is 0.142 e. The van der Waals surface area contributed by atoms with Crippen LogP contribution in [0.2, 0.25) is 0 Å². The van der Waals surface area contributed by atoms with Gasteiger partial charge in [-0.3, -0.25) is 0 Å². The molecule has 0 aliphatic rings. The van der Waals surface area contributed by atoms with E-state index in [0.717, 1.165) is 30.7 Å². The Hall–Kier alpha value is -0.560. The van der Waals surface area contributed by atoms with Gasteiger partial charge < -0.3 is 10.2 Å². The lowest BCUT2D eigenvalue weighted by atomic mass is 10.0. The second-order valence-electron chi connectivity index (χ2n) is 4.46. The Morgan fingerprint density at radius 3 is 1.59 bits per heavy atom. The van der Waals surface area contributed by atoms with Gasteiger partial charge in [0.2, 0.25) is 0 Å². The molecule has 0 radical (unpaired) electrons. The lowest BCUT2D eigenvalue weighted by molar-refractivity contribution is 0.449. The molecule has 2 rings (SSSR count). The Kier molecular flexibility index (Phi) is 6.32. The van der Waals surface area contributed by atoms with E-state index in [-0.39, 0.29) is 0 Å². The zero-order valence-corrected chi connectivity index (χ0v) is 16.1. The fourth-order valence-corrected chi connectivity index (χ4v) is 4.38. The lowest BCUT2D eigenvalue weighted by Crippen LogP contribution is -1.87. The fraction of sp³-hybridized carbons (Fsp3) is 0.250. The maximum absolute atomic E-state index is 10.6. The average molecular weight is 371 g/mol. The van der Waals surface area contributed by atoms with E-state index in [0.29, 0.717) is 11.5 Å². The Bertz CT molecular complexity index is 661. The van der Waals surface area contributed by atoms with E-state index in [4.69, 9.17) is 0 Å². The topological polar surface area (TPSA) is 40.5 Å². The monoisotopic (exact) mass is 370 g/mol. The van der Waals surface area contributed by atoms with E-state index in [1.165, 1.54) is 35.3 Å². The van der Waals surface area contributed by atoms with Crippen molar-refractivity contribution in [1.82, 2.24) is 0 Å². The first kappa shape index (κ1) is 17.8. The van der Waals surface area contributed by atoms with Crippen molar-refractivity contribution in [3.05, 3.63) is 24.3 Å². The van der Waals surface area contributed by atoms with E-state index in [9.17, 15) is 10.2 Å². The van der Waals surface area contributed by atoms with E-state index in [1.807, 2.05) is 49.3 Å². The number of aromatic hydroxyl groups is 2. The van der Waals surface area contributed by atoms with Crippen molar-refractivity contribution in [2.45, 2.75) is 19.6 Å². The molecule has 2 nitrogen and oxygen atoms in total. The summed E-state index contributed by atoms with van der Waals surface area (Å²) in [5.41, 5.74) is 1.73. The average Bonchev–Trinajstić information content (AvgIpc) is 2.55. The molecule has 118 valence electrons. The van der Waals surface area contributed by atoms with Gasteiger partial charge in [0.1, 0.15) is 11.5 Å². The zero-order valence-electron chi connectivity index (χ0n) is 12.8. The number of hydrogen-bond acceptors (Lipinski definition) is 6. The number of phenols is 2. The Morgan fingerprint density at radius 1 is 0.636 bits per heavy atom. The van der Waals surface area contributed by atoms with Gasteiger partial charge >= 0.3 is 0 Å². The molecule has 6 heteroatoms. The Balaban J connectivity index is 2.70. The van der Waals surface area contributed by atoms with Crippen molar-refractivity contribution in [3.63, 3.8) is 0 Å². The highest BCUT2D eigenvalue weighted by atomic mass is 32.2. The van der Waals surface area contributed by atoms with E-state index in [1.54, 1.807) is 11.8 Å². The lowest BCUT2D eigenvalue weighted by Gasteiger charge is -2.14. The van der Waals surface area contributed by atoms with Crippen LogP contribution in [0.1, 0.15) is 0 Å². The van der Waals surface area contributed by atoms with Crippen molar-refractivity contribution in [2.75, 3.05) is 25.0 Å². The molecule has 0 bridgehead atoms. The predicted octanol–water partition coefficient (Wildman–Crippen LogP) is 5.65. The highest BCUT2D eigenvalue weighted by molar-refractivity contribution is 8.00. The third-order valence-electron chi connectivity index (χ3n) is 3.29. The summed E-state index contributed by atoms with van der Waals surface area (Å²) in [5, 5.41) is 20.8. The molecule has 0 fully saturated rings.